The normalized spacial score (nSPS) is 12.0. The molecule has 0 aromatic heterocycles. The second-order valence-corrected chi connectivity index (χ2v) is 3.46. The lowest BCUT2D eigenvalue weighted by molar-refractivity contribution is 0.0601. The van der Waals surface area contributed by atoms with Crippen LogP contribution in [-0.4, -0.2) is 25.7 Å². The fourth-order valence-electron chi connectivity index (χ4n) is 1.25. The molecule has 0 fully saturated rings. The average Bonchev–Trinajstić information content (AvgIpc) is 2.30. The number of benzene rings is 1. The number of carbonyl (C=O) groups is 1. The van der Waals surface area contributed by atoms with Crippen molar-refractivity contribution >= 4 is 11.7 Å². The Hall–Kier alpha value is -1.62. The van der Waals surface area contributed by atoms with Crippen molar-refractivity contribution in [1.82, 2.24) is 0 Å². The molecule has 0 aliphatic rings. The molecule has 0 amide bonds. The van der Waals surface area contributed by atoms with E-state index in [0.29, 0.717) is 12.2 Å². The Balaban J connectivity index is 3.02. The first-order valence-corrected chi connectivity index (χ1v) is 4.93. The highest BCUT2D eigenvalue weighted by Crippen LogP contribution is 2.18. The molecule has 1 unspecified atom stereocenters. The summed E-state index contributed by atoms with van der Waals surface area (Å²) in [7, 11) is 1.25. The minimum Gasteiger partial charge on any atom is -0.465 e. The number of rotatable bonds is 4. The fourth-order valence-corrected chi connectivity index (χ4v) is 1.25. The SMILES string of the molecule is COC(=O)c1cc(F)ccc1NC(C)CN. The summed E-state index contributed by atoms with van der Waals surface area (Å²) in [5.41, 5.74) is 6.14. The number of carbonyl (C=O) groups excluding carboxylic acids is 1. The van der Waals surface area contributed by atoms with Gasteiger partial charge in [0.25, 0.3) is 0 Å². The zero-order valence-corrected chi connectivity index (χ0v) is 9.29. The minimum absolute atomic E-state index is 0.00568. The Morgan fingerprint density at radius 3 is 2.88 bits per heavy atom. The molecule has 88 valence electrons. The number of ether oxygens (including phenoxy) is 1. The van der Waals surface area contributed by atoms with Gasteiger partial charge in [-0.25, -0.2) is 9.18 Å². The number of esters is 1. The zero-order chi connectivity index (χ0) is 12.1. The molecule has 0 radical (unpaired) electrons. The van der Waals surface area contributed by atoms with Crippen molar-refractivity contribution in [3.05, 3.63) is 29.6 Å². The van der Waals surface area contributed by atoms with Crippen LogP contribution in [0.25, 0.3) is 0 Å². The summed E-state index contributed by atoms with van der Waals surface area (Å²) in [4.78, 5) is 11.4. The van der Waals surface area contributed by atoms with E-state index < -0.39 is 11.8 Å². The summed E-state index contributed by atoms with van der Waals surface area (Å²) in [6.45, 7) is 2.28. The standard InChI is InChI=1S/C11H15FN2O2/c1-7(6-13)14-10-4-3-8(12)5-9(10)11(15)16-2/h3-5,7,14H,6,13H2,1-2H3. The number of halogens is 1. The van der Waals surface area contributed by atoms with Crippen molar-refractivity contribution in [1.29, 1.82) is 0 Å². The second-order valence-electron chi connectivity index (χ2n) is 3.46. The maximum absolute atomic E-state index is 13.0. The third-order valence-corrected chi connectivity index (χ3v) is 2.14. The van der Waals surface area contributed by atoms with E-state index in [2.05, 4.69) is 10.1 Å². The first-order chi connectivity index (χ1) is 7.58. The van der Waals surface area contributed by atoms with Gasteiger partial charge in [-0.2, -0.15) is 0 Å². The Labute approximate surface area is 93.6 Å². The Morgan fingerprint density at radius 1 is 1.62 bits per heavy atom. The predicted octanol–water partition coefficient (Wildman–Crippen LogP) is 1.37. The highest BCUT2D eigenvalue weighted by molar-refractivity contribution is 5.95. The summed E-state index contributed by atoms with van der Waals surface area (Å²) in [5.74, 6) is -1.06. The molecule has 0 aliphatic carbocycles. The van der Waals surface area contributed by atoms with E-state index in [1.165, 1.54) is 19.2 Å². The first kappa shape index (κ1) is 12.4. The molecule has 0 saturated heterocycles. The van der Waals surface area contributed by atoms with Crippen molar-refractivity contribution in [3.8, 4) is 0 Å². The third-order valence-electron chi connectivity index (χ3n) is 2.14. The summed E-state index contributed by atoms with van der Waals surface area (Å²) in [5, 5.41) is 3.01. The molecule has 5 heteroatoms. The van der Waals surface area contributed by atoms with Crippen LogP contribution in [0.1, 0.15) is 17.3 Å². The highest BCUT2D eigenvalue weighted by atomic mass is 19.1. The van der Waals surface area contributed by atoms with Gasteiger partial charge in [-0.15, -0.1) is 0 Å². The maximum atomic E-state index is 13.0. The van der Waals surface area contributed by atoms with Crippen molar-refractivity contribution in [2.45, 2.75) is 13.0 Å². The quantitative estimate of drug-likeness (QED) is 0.761. The van der Waals surface area contributed by atoms with Gasteiger partial charge in [-0.1, -0.05) is 0 Å². The molecule has 1 aromatic carbocycles. The van der Waals surface area contributed by atoms with Crippen LogP contribution in [0.5, 0.6) is 0 Å². The van der Waals surface area contributed by atoms with Gasteiger partial charge >= 0.3 is 5.97 Å². The lowest BCUT2D eigenvalue weighted by Crippen LogP contribution is -2.26. The van der Waals surface area contributed by atoms with E-state index in [-0.39, 0.29) is 11.6 Å². The van der Waals surface area contributed by atoms with E-state index in [0.717, 1.165) is 6.07 Å². The number of methoxy groups -OCH3 is 1. The molecule has 0 spiro atoms. The van der Waals surface area contributed by atoms with Gasteiger partial charge < -0.3 is 15.8 Å². The molecular weight excluding hydrogens is 211 g/mol. The van der Waals surface area contributed by atoms with Crippen molar-refractivity contribution in [3.63, 3.8) is 0 Å². The fraction of sp³-hybridized carbons (Fsp3) is 0.364. The Kier molecular flexibility index (Phi) is 4.25. The average molecular weight is 226 g/mol. The van der Waals surface area contributed by atoms with Gasteiger partial charge in [0.1, 0.15) is 5.82 Å². The molecular formula is C11H15FN2O2. The molecule has 1 rings (SSSR count). The molecule has 0 heterocycles. The minimum atomic E-state index is -0.578. The van der Waals surface area contributed by atoms with Crippen molar-refractivity contribution in [2.75, 3.05) is 19.0 Å². The van der Waals surface area contributed by atoms with Crippen molar-refractivity contribution in [2.24, 2.45) is 5.73 Å². The molecule has 0 saturated carbocycles. The van der Waals surface area contributed by atoms with Crippen LogP contribution in [-0.2, 0) is 4.74 Å². The van der Waals surface area contributed by atoms with Gasteiger partial charge in [0.05, 0.1) is 12.7 Å². The van der Waals surface area contributed by atoms with E-state index in [4.69, 9.17) is 5.73 Å². The van der Waals surface area contributed by atoms with E-state index in [9.17, 15) is 9.18 Å². The van der Waals surface area contributed by atoms with Gasteiger partial charge in [-0.05, 0) is 25.1 Å². The number of anilines is 1. The predicted molar refractivity (Wildman–Crippen MR) is 59.9 cm³/mol. The van der Waals surface area contributed by atoms with Gasteiger partial charge in [0.2, 0.25) is 0 Å². The lowest BCUT2D eigenvalue weighted by atomic mass is 10.1. The number of hydrogen-bond donors (Lipinski definition) is 2. The van der Waals surface area contributed by atoms with Crippen LogP contribution in [0.15, 0.2) is 18.2 Å². The van der Waals surface area contributed by atoms with Crippen LogP contribution in [0.4, 0.5) is 10.1 Å². The second kappa shape index (κ2) is 5.46. The monoisotopic (exact) mass is 226 g/mol. The molecule has 16 heavy (non-hydrogen) atoms. The highest BCUT2D eigenvalue weighted by Gasteiger charge is 2.14. The number of hydrogen-bond acceptors (Lipinski definition) is 4. The zero-order valence-electron chi connectivity index (χ0n) is 9.29. The van der Waals surface area contributed by atoms with E-state index in [1.54, 1.807) is 0 Å². The largest absolute Gasteiger partial charge is 0.465 e. The van der Waals surface area contributed by atoms with E-state index >= 15 is 0 Å². The molecule has 4 nitrogen and oxygen atoms in total. The molecule has 0 aliphatic heterocycles. The van der Waals surface area contributed by atoms with Gasteiger partial charge in [0, 0.05) is 18.3 Å². The Bertz CT molecular complexity index is 382. The first-order valence-electron chi connectivity index (χ1n) is 4.93. The van der Waals surface area contributed by atoms with Crippen LogP contribution >= 0.6 is 0 Å². The smallest absolute Gasteiger partial charge is 0.340 e. The van der Waals surface area contributed by atoms with Gasteiger partial charge in [0.15, 0.2) is 0 Å². The Morgan fingerprint density at radius 2 is 2.31 bits per heavy atom. The summed E-state index contributed by atoms with van der Waals surface area (Å²) < 4.78 is 17.6. The van der Waals surface area contributed by atoms with Crippen LogP contribution < -0.4 is 11.1 Å². The third kappa shape index (κ3) is 2.93. The van der Waals surface area contributed by atoms with Gasteiger partial charge in [-0.3, -0.25) is 0 Å². The molecule has 1 aromatic rings. The lowest BCUT2D eigenvalue weighted by Gasteiger charge is -2.15. The summed E-state index contributed by atoms with van der Waals surface area (Å²) in [6, 6.07) is 3.90. The molecule has 3 N–H and O–H groups in total. The summed E-state index contributed by atoms with van der Waals surface area (Å²) in [6.07, 6.45) is 0. The molecule has 1 atom stereocenters. The van der Waals surface area contributed by atoms with Crippen LogP contribution in [0, 0.1) is 5.82 Å². The van der Waals surface area contributed by atoms with E-state index in [1.807, 2.05) is 6.92 Å². The van der Waals surface area contributed by atoms with Crippen LogP contribution in [0.3, 0.4) is 0 Å². The summed E-state index contributed by atoms with van der Waals surface area (Å²) >= 11 is 0. The van der Waals surface area contributed by atoms with Crippen molar-refractivity contribution < 1.29 is 13.9 Å². The topological polar surface area (TPSA) is 64.3 Å². The molecule has 0 bridgehead atoms. The number of nitrogens with one attached hydrogen (secondary N) is 1. The van der Waals surface area contributed by atoms with Crippen LogP contribution in [0.2, 0.25) is 0 Å². The number of nitrogens with two attached hydrogens (primary N) is 1. The maximum Gasteiger partial charge on any atom is 0.340 e.